The summed E-state index contributed by atoms with van der Waals surface area (Å²) in [6.45, 7) is 5.83. The van der Waals surface area contributed by atoms with Gasteiger partial charge in [-0.25, -0.2) is 4.79 Å². The average molecular weight is 400 g/mol. The van der Waals surface area contributed by atoms with Crippen molar-refractivity contribution in [2.45, 2.75) is 58.5 Å². The molecule has 0 radical (unpaired) electrons. The normalized spacial score (nSPS) is 20.1. The van der Waals surface area contributed by atoms with Crippen molar-refractivity contribution in [1.29, 1.82) is 0 Å². The van der Waals surface area contributed by atoms with E-state index in [-0.39, 0.29) is 35.6 Å². The summed E-state index contributed by atoms with van der Waals surface area (Å²) in [5.41, 5.74) is 0.567. The molecule has 2 atom stereocenters. The number of carbonyl (C=O) groups excluding carboxylic acids is 4. The van der Waals surface area contributed by atoms with Crippen LogP contribution in [0.3, 0.4) is 0 Å². The Labute approximate surface area is 171 Å². The fraction of sp³-hybridized carbons (Fsp3) is 0.545. The summed E-state index contributed by atoms with van der Waals surface area (Å²) in [5.74, 6) is -2.31. The lowest BCUT2D eigenvalue weighted by atomic mass is 10.00. The summed E-state index contributed by atoms with van der Waals surface area (Å²) in [6.07, 6.45) is 3.86. The van der Waals surface area contributed by atoms with Crippen LogP contribution in [0.15, 0.2) is 24.3 Å². The summed E-state index contributed by atoms with van der Waals surface area (Å²) >= 11 is 0. The zero-order valence-electron chi connectivity index (χ0n) is 17.2. The van der Waals surface area contributed by atoms with E-state index in [1.54, 1.807) is 43.0 Å². The largest absolute Gasteiger partial charge is 0.454 e. The van der Waals surface area contributed by atoms with E-state index in [1.165, 1.54) is 0 Å². The van der Waals surface area contributed by atoms with Gasteiger partial charge in [0.15, 0.2) is 6.61 Å². The van der Waals surface area contributed by atoms with E-state index in [0.29, 0.717) is 6.54 Å². The predicted octanol–water partition coefficient (Wildman–Crippen LogP) is 2.64. The van der Waals surface area contributed by atoms with Crippen LogP contribution < -0.4 is 0 Å². The standard InChI is InChI=1S/C22H28N2O5/c1-4-15-9-7-8-12-23(15)18(25)13-29-22(28)19(14(2)3)24-20(26)16-10-5-6-11-17(16)21(24)27/h5-6,10-11,14-15,19H,4,7-9,12-13H2,1-3H3/t15-,19-/m1/s1. The van der Waals surface area contributed by atoms with E-state index in [4.69, 9.17) is 4.74 Å². The van der Waals surface area contributed by atoms with Crippen LogP contribution in [0.5, 0.6) is 0 Å². The monoisotopic (exact) mass is 400 g/mol. The Bertz CT molecular complexity index is 784. The maximum Gasteiger partial charge on any atom is 0.330 e. The first-order valence-corrected chi connectivity index (χ1v) is 10.3. The van der Waals surface area contributed by atoms with Gasteiger partial charge < -0.3 is 9.64 Å². The van der Waals surface area contributed by atoms with Gasteiger partial charge in [0.2, 0.25) is 0 Å². The Morgan fingerprint density at radius 1 is 1.10 bits per heavy atom. The number of hydrogen-bond donors (Lipinski definition) is 0. The lowest BCUT2D eigenvalue weighted by Crippen LogP contribution is -2.50. The summed E-state index contributed by atoms with van der Waals surface area (Å²) in [6, 6.07) is 5.60. The van der Waals surface area contributed by atoms with Gasteiger partial charge in [-0.3, -0.25) is 19.3 Å². The second-order valence-electron chi connectivity index (χ2n) is 7.97. The quantitative estimate of drug-likeness (QED) is 0.541. The fourth-order valence-electron chi connectivity index (χ4n) is 4.19. The molecule has 0 spiro atoms. The van der Waals surface area contributed by atoms with E-state index in [0.717, 1.165) is 30.6 Å². The summed E-state index contributed by atoms with van der Waals surface area (Å²) in [5, 5.41) is 0. The molecule has 7 heteroatoms. The van der Waals surface area contributed by atoms with Crippen molar-refractivity contribution >= 4 is 23.7 Å². The number of rotatable bonds is 6. The van der Waals surface area contributed by atoms with E-state index < -0.39 is 23.8 Å². The highest BCUT2D eigenvalue weighted by Crippen LogP contribution is 2.28. The van der Waals surface area contributed by atoms with Gasteiger partial charge in [-0.15, -0.1) is 0 Å². The van der Waals surface area contributed by atoms with Crippen molar-refractivity contribution in [3.8, 4) is 0 Å². The highest BCUT2D eigenvalue weighted by atomic mass is 16.5. The van der Waals surface area contributed by atoms with Crippen molar-refractivity contribution in [2.24, 2.45) is 5.92 Å². The molecule has 0 N–H and O–H groups in total. The van der Waals surface area contributed by atoms with Crippen molar-refractivity contribution in [3.63, 3.8) is 0 Å². The topological polar surface area (TPSA) is 84.0 Å². The number of likely N-dealkylation sites (tertiary alicyclic amines) is 1. The van der Waals surface area contributed by atoms with Crippen LogP contribution >= 0.6 is 0 Å². The molecule has 3 rings (SSSR count). The van der Waals surface area contributed by atoms with Gasteiger partial charge >= 0.3 is 5.97 Å². The minimum atomic E-state index is -1.07. The smallest absolute Gasteiger partial charge is 0.330 e. The molecule has 2 heterocycles. The number of benzene rings is 1. The molecular weight excluding hydrogens is 372 g/mol. The average Bonchev–Trinajstić information content (AvgIpc) is 2.97. The molecule has 0 unspecified atom stereocenters. The Morgan fingerprint density at radius 2 is 1.72 bits per heavy atom. The van der Waals surface area contributed by atoms with Crippen molar-refractivity contribution in [3.05, 3.63) is 35.4 Å². The summed E-state index contributed by atoms with van der Waals surface area (Å²) < 4.78 is 5.30. The van der Waals surface area contributed by atoms with E-state index in [9.17, 15) is 19.2 Å². The second kappa shape index (κ2) is 8.76. The highest BCUT2D eigenvalue weighted by molar-refractivity contribution is 6.22. The first-order chi connectivity index (χ1) is 13.9. The number of fused-ring (bicyclic) bond motifs is 1. The van der Waals surface area contributed by atoms with Gasteiger partial charge in [-0.1, -0.05) is 32.9 Å². The number of piperidine rings is 1. The lowest BCUT2D eigenvalue weighted by molar-refractivity contribution is -0.157. The maximum absolute atomic E-state index is 12.8. The van der Waals surface area contributed by atoms with Crippen LogP contribution in [0.25, 0.3) is 0 Å². The number of ether oxygens (including phenoxy) is 1. The molecule has 0 aromatic heterocycles. The molecule has 0 bridgehead atoms. The van der Waals surface area contributed by atoms with Gasteiger partial charge in [-0.05, 0) is 43.7 Å². The number of carbonyl (C=O) groups is 4. The molecule has 156 valence electrons. The zero-order valence-corrected chi connectivity index (χ0v) is 17.2. The Balaban J connectivity index is 1.70. The molecule has 0 aliphatic carbocycles. The maximum atomic E-state index is 12.8. The van der Waals surface area contributed by atoms with Gasteiger partial charge in [-0.2, -0.15) is 0 Å². The van der Waals surface area contributed by atoms with Crippen LogP contribution in [0.2, 0.25) is 0 Å². The summed E-state index contributed by atoms with van der Waals surface area (Å²) in [7, 11) is 0. The molecule has 1 aromatic carbocycles. The molecule has 29 heavy (non-hydrogen) atoms. The molecule has 0 saturated carbocycles. The highest BCUT2D eigenvalue weighted by Gasteiger charge is 2.44. The molecule has 1 fully saturated rings. The van der Waals surface area contributed by atoms with Gasteiger partial charge in [0.05, 0.1) is 11.1 Å². The van der Waals surface area contributed by atoms with E-state index in [2.05, 4.69) is 0 Å². The molecule has 2 aliphatic heterocycles. The van der Waals surface area contributed by atoms with E-state index in [1.807, 2.05) is 6.92 Å². The number of amides is 3. The molecule has 7 nitrogen and oxygen atoms in total. The third-order valence-electron chi connectivity index (χ3n) is 5.73. The van der Waals surface area contributed by atoms with Crippen LogP contribution in [-0.4, -0.2) is 58.7 Å². The van der Waals surface area contributed by atoms with E-state index >= 15 is 0 Å². The second-order valence-corrected chi connectivity index (χ2v) is 7.97. The van der Waals surface area contributed by atoms with Crippen LogP contribution in [0.1, 0.15) is 67.2 Å². The van der Waals surface area contributed by atoms with Crippen LogP contribution in [0, 0.1) is 5.92 Å². The number of nitrogens with zero attached hydrogens (tertiary/aromatic N) is 2. The first kappa shape index (κ1) is 21.0. The third-order valence-corrected chi connectivity index (χ3v) is 5.73. The van der Waals surface area contributed by atoms with Crippen molar-refractivity contribution in [1.82, 2.24) is 9.80 Å². The van der Waals surface area contributed by atoms with Crippen molar-refractivity contribution < 1.29 is 23.9 Å². The molecule has 1 saturated heterocycles. The van der Waals surface area contributed by atoms with Gasteiger partial charge in [0.25, 0.3) is 17.7 Å². The van der Waals surface area contributed by atoms with Crippen LogP contribution in [-0.2, 0) is 14.3 Å². The molecule has 1 aromatic rings. The zero-order chi connectivity index (χ0) is 21.1. The predicted molar refractivity (Wildman–Crippen MR) is 106 cm³/mol. The molecular formula is C22H28N2O5. The lowest BCUT2D eigenvalue weighted by Gasteiger charge is -2.35. The van der Waals surface area contributed by atoms with Crippen LogP contribution in [0.4, 0.5) is 0 Å². The Hall–Kier alpha value is -2.70. The van der Waals surface area contributed by atoms with Gasteiger partial charge in [0.1, 0.15) is 6.04 Å². The van der Waals surface area contributed by atoms with Crippen molar-refractivity contribution in [2.75, 3.05) is 13.2 Å². The number of imide groups is 1. The number of hydrogen-bond acceptors (Lipinski definition) is 5. The molecule has 2 aliphatic rings. The minimum absolute atomic E-state index is 0.173. The molecule has 3 amide bonds. The minimum Gasteiger partial charge on any atom is -0.454 e. The SMILES string of the molecule is CC[C@@H]1CCCCN1C(=O)COC(=O)[C@@H](C(C)C)N1C(=O)c2ccccc2C1=O. The first-order valence-electron chi connectivity index (χ1n) is 10.3. The fourth-order valence-corrected chi connectivity index (χ4v) is 4.19. The van der Waals surface area contributed by atoms with Gasteiger partial charge in [0, 0.05) is 12.6 Å². The number of esters is 1. The summed E-state index contributed by atoms with van der Waals surface area (Å²) in [4.78, 5) is 53.7. The Morgan fingerprint density at radius 3 is 2.28 bits per heavy atom. The Kier molecular flexibility index (Phi) is 6.35. The third kappa shape index (κ3) is 4.04.